The number of anilines is 1. The minimum Gasteiger partial charge on any atom is -0.443 e. The van der Waals surface area contributed by atoms with Crippen LogP contribution in [0.15, 0.2) is 12.4 Å². The number of carbonyl (C=O) groups excluding carboxylic acids is 1. The molecular weight excluding hydrogens is 234 g/mol. The van der Waals surface area contributed by atoms with Crippen LogP contribution >= 0.6 is 0 Å². The van der Waals surface area contributed by atoms with E-state index in [0.717, 1.165) is 0 Å². The predicted molar refractivity (Wildman–Crippen MR) is 67.3 cm³/mol. The SMILES string of the molecule is CC(O)c1cnc(N(C)C(=O)OC(C)(C)C)nc1. The van der Waals surface area contributed by atoms with Crippen molar-refractivity contribution >= 4 is 12.0 Å². The minimum atomic E-state index is -0.633. The Kier molecular flexibility index (Phi) is 4.24. The molecule has 0 fully saturated rings. The first-order valence-electron chi connectivity index (χ1n) is 5.67. The molecular formula is C12H19N3O3. The number of rotatable bonds is 2. The van der Waals surface area contributed by atoms with Crippen LogP contribution in [0.2, 0.25) is 0 Å². The van der Waals surface area contributed by atoms with Gasteiger partial charge in [0.1, 0.15) is 5.60 Å². The van der Waals surface area contributed by atoms with Gasteiger partial charge in [-0.3, -0.25) is 0 Å². The average molecular weight is 253 g/mol. The molecule has 100 valence electrons. The number of aliphatic hydroxyl groups excluding tert-OH is 1. The van der Waals surface area contributed by atoms with Gasteiger partial charge in [0.15, 0.2) is 0 Å². The second-order valence-corrected chi connectivity index (χ2v) is 5.03. The molecule has 0 aliphatic heterocycles. The fraction of sp³-hybridized carbons (Fsp3) is 0.583. The molecule has 1 heterocycles. The van der Waals surface area contributed by atoms with E-state index in [1.807, 2.05) is 0 Å². The lowest BCUT2D eigenvalue weighted by Crippen LogP contribution is -2.35. The van der Waals surface area contributed by atoms with Crippen molar-refractivity contribution < 1.29 is 14.6 Å². The van der Waals surface area contributed by atoms with Gasteiger partial charge in [-0.05, 0) is 27.7 Å². The number of nitrogens with zero attached hydrogens (tertiary/aromatic N) is 3. The van der Waals surface area contributed by atoms with Crippen LogP contribution in [0.1, 0.15) is 39.4 Å². The minimum absolute atomic E-state index is 0.230. The van der Waals surface area contributed by atoms with Crippen LogP contribution in [-0.2, 0) is 4.74 Å². The molecule has 0 aliphatic rings. The van der Waals surface area contributed by atoms with Gasteiger partial charge >= 0.3 is 6.09 Å². The zero-order valence-electron chi connectivity index (χ0n) is 11.3. The van der Waals surface area contributed by atoms with Gasteiger partial charge in [-0.15, -0.1) is 0 Å². The molecule has 1 aromatic heterocycles. The van der Waals surface area contributed by atoms with Crippen molar-refractivity contribution in [3.8, 4) is 0 Å². The number of aliphatic hydroxyl groups is 1. The van der Waals surface area contributed by atoms with E-state index >= 15 is 0 Å². The highest BCUT2D eigenvalue weighted by atomic mass is 16.6. The lowest BCUT2D eigenvalue weighted by molar-refractivity contribution is 0.0587. The van der Waals surface area contributed by atoms with Gasteiger partial charge < -0.3 is 9.84 Å². The van der Waals surface area contributed by atoms with Crippen molar-refractivity contribution in [2.75, 3.05) is 11.9 Å². The van der Waals surface area contributed by atoms with Crippen LogP contribution in [-0.4, -0.2) is 33.8 Å². The van der Waals surface area contributed by atoms with E-state index in [1.54, 1.807) is 27.7 Å². The Morgan fingerprint density at radius 3 is 2.28 bits per heavy atom. The van der Waals surface area contributed by atoms with Gasteiger partial charge in [0, 0.05) is 25.0 Å². The van der Waals surface area contributed by atoms with Gasteiger partial charge in [-0.25, -0.2) is 19.7 Å². The van der Waals surface area contributed by atoms with Crippen LogP contribution in [0, 0.1) is 0 Å². The summed E-state index contributed by atoms with van der Waals surface area (Å²) >= 11 is 0. The normalized spacial score (nSPS) is 13.0. The van der Waals surface area contributed by atoms with Gasteiger partial charge in [0.2, 0.25) is 5.95 Å². The summed E-state index contributed by atoms with van der Waals surface area (Å²) < 4.78 is 5.19. The lowest BCUT2D eigenvalue weighted by Gasteiger charge is -2.23. The zero-order valence-corrected chi connectivity index (χ0v) is 11.3. The highest BCUT2D eigenvalue weighted by molar-refractivity contribution is 5.84. The van der Waals surface area contributed by atoms with Gasteiger partial charge in [0.05, 0.1) is 6.10 Å². The molecule has 0 saturated carbocycles. The summed E-state index contributed by atoms with van der Waals surface area (Å²) in [7, 11) is 1.53. The molecule has 1 N–H and O–H groups in total. The maximum atomic E-state index is 11.8. The second kappa shape index (κ2) is 5.30. The summed E-state index contributed by atoms with van der Waals surface area (Å²) in [4.78, 5) is 21.0. The molecule has 1 rings (SSSR count). The fourth-order valence-electron chi connectivity index (χ4n) is 1.13. The van der Waals surface area contributed by atoms with E-state index in [1.165, 1.54) is 24.3 Å². The molecule has 0 aromatic carbocycles. The van der Waals surface area contributed by atoms with Crippen LogP contribution in [0.4, 0.5) is 10.7 Å². The smallest absolute Gasteiger partial charge is 0.416 e. The lowest BCUT2D eigenvalue weighted by atomic mass is 10.2. The largest absolute Gasteiger partial charge is 0.443 e. The van der Waals surface area contributed by atoms with E-state index < -0.39 is 17.8 Å². The fourth-order valence-corrected chi connectivity index (χ4v) is 1.13. The number of amides is 1. The Balaban J connectivity index is 2.78. The molecule has 6 nitrogen and oxygen atoms in total. The molecule has 0 bridgehead atoms. The maximum absolute atomic E-state index is 11.8. The summed E-state index contributed by atoms with van der Waals surface area (Å²) in [6.45, 7) is 6.98. The van der Waals surface area contributed by atoms with Crippen molar-refractivity contribution in [1.29, 1.82) is 0 Å². The highest BCUT2D eigenvalue weighted by Crippen LogP contribution is 2.14. The number of aromatic nitrogens is 2. The van der Waals surface area contributed by atoms with E-state index in [-0.39, 0.29) is 5.95 Å². The summed E-state index contributed by atoms with van der Waals surface area (Å²) in [5.74, 6) is 0.230. The van der Waals surface area contributed by atoms with Crippen LogP contribution in [0.3, 0.4) is 0 Å². The summed E-state index contributed by atoms with van der Waals surface area (Å²) in [6, 6.07) is 0. The van der Waals surface area contributed by atoms with Crippen molar-refractivity contribution in [2.45, 2.75) is 39.4 Å². The van der Waals surface area contributed by atoms with Gasteiger partial charge in [-0.1, -0.05) is 0 Å². The Labute approximate surface area is 107 Å². The molecule has 1 amide bonds. The molecule has 0 saturated heterocycles. The van der Waals surface area contributed by atoms with E-state index in [9.17, 15) is 9.90 Å². The quantitative estimate of drug-likeness (QED) is 0.871. The van der Waals surface area contributed by atoms with Gasteiger partial charge in [-0.2, -0.15) is 0 Å². The van der Waals surface area contributed by atoms with Crippen LogP contribution < -0.4 is 4.90 Å². The first-order valence-corrected chi connectivity index (χ1v) is 5.67. The predicted octanol–water partition coefficient (Wildman–Crippen LogP) is 1.90. The first kappa shape index (κ1) is 14.4. The van der Waals surface area contributed by atoms with E-state index in [4.69, 9.17) is 4.74 Å². The molecule has 1 atom stereocenters. The van der Waals surface area contributed by atoms with Crippen LogP contribution in [0.25, 0.3) is 0 Å². The number of hydrogen-bond acceptors (Lipinski definition) is 5. The molecule has 1 aromatic rings. The van der Waals surface area contributed by atoms with E-state index in [2.05, 4.69) is 9.97 Å². The summed E-state index contributed by atoms with van der Waals surface area (Å²) in [5.41, 5.74) is 0.0292. The molecule has 18 heavy (non-hydrogen) atoms. The molecule has 0 aliphatic carbocycles. The molecule has 6 heteroatoms. The number of hydrogen-bond donors (Lipinski definition) is 1. The third-order valence-corrected chi connectivity index (χ3v) is 2.11. The zero-order chi connectivity index (χ0) is 13.9. The standard InChI is InChI=1S/C12H19N3O3/c1-8(16)9-6-13-10(14-7-9)15(5)11(17)18-12(2,3)4/h6-8,16H,1-5H3. The van der Waals surface area contributed by atoms with Crippen molar-refractivity contribution in [3.63, 3.8) is 0 Å². The van der Waals surface area contributed by atoms with E-state index in [0.29, 0.717) is 5.56 Å². The first-order chi connectivity index (χ1) is 8.20. The molecule has 1 unspecified atom stereocenters. The Morgan fingerprint density at radius 1 is 1.39 bits per heavy atom. The van der Waals surface area contributed by atoms with Crippen LogP contribution in [0.5, 0.6) is 0 Å². The summed E-state index contributed by atoms with van der Waals surface area (Å²) in [6.07, 6.45) is 1.81. The Hall–Kier alpha value is -1.69. The topological polar surface area (TPSA) is 75.6 Å². The van der Waals surface area contributed by atoms with Crippen molar-refractivity contribution in [3.05, 3.63) is 18.0 Å². The Bertz CT molecular complexity index is 410. The third kappa shape index (κ3) is 3.96. The maximum Gasteiger partial charge on any atom is 0.416 e. The number of ether oxygens (including phenoxy) is 1. The van der Waals surface area contributed by atoms with Crippen molar-refractivity contribution in [2.24, 2.45) is 0 Å². The third-order valence-electron chi connectivity index (χ3n) is 2.11. The monoisotopic (exact) mass is 253 g/mol. The summed E-state index contributed by atoms with van der Waals surface area (Å²) in [5, 5.41) is 9.33. The second-order valence-electron chi connectivity index (χ2n) is 5.03. The molecule has 0 radical (unpaired) electrons. The van der Waals surface area contributed by atoms with Crippen molar-refractivity contribution in [1.82, 2.24) is 9.97 Å². The highest BCUT2D eigenvalue weighted by Gasteiger charge is 2.22. The number of carbonyl (C=O) groups is 1. The van der Waals surface area contributed by atoms with Gasteiger partial charge in [0.25, 0.3) is 0 Å². The Morgan fingerprint density at radius 2 is 1.89 bits per heavy atom. The average Bonchev–Trinajstić information content (AvgIpc) is 2.26. The molecule has 0 spiro atoms.